The summed E-state index contributed by atoms with van der Waals surface area (Å²) < 4.78 is 0. The molecule has 0 fully saturated rings. The first-order chi connectivity index (χ1) is 11.1. The number of anilines is 2. The average molecular weight is 349 g/mol. The number of rotatable bonds is 4. The number of benzene rings is 2. The van der Waals surface area contributed by atoms with Crippen LogP contribution in [-0.4, -0.2) is 19.0 Å². The van der Waals surface area contributed by atoms with E-state index in [0.29, 0.717) is 23.0 Å². The second-order valence-corrected chi connectivity index (χ2v) is 6.40. The van der Waals surface area contributed by atoms with Crippen LogP contribution < -0.4 is 10.2 Å². The summed E-state index contributed by atoms with van der Waals surface area (Å²) in [6.45, 7) is 1.36. The van der Waals surface area contributed by atoms with E-state index >= 15 is 0 Å². The van der Waals surface area contributed by atoms with Gasteiger partial charge in [0.05, 0.1) is 10.0 Å². The van der Waals surface area contributed by atoms with E-state index in [-0.39, 0.29) is 5.91 Å². The largest absolute Gasteiger partial charge is 0.384 e. The highest BCUT2D eigenvalue weighted by Gasteiger charge is 2.21. The Morgan fingerprint density at radius 1 is 1.13 bits per heavy atom. The fourth-order valence-electron chi connectivity index (χ4n) is 2.85. The lowest BCUT2D eigenvalue weighted by Crippen LogP contribution is -2.36. The Kier molecular flexibility index (Phi) is 5.09. The van der Waals surface area contributed by atoms with E-state index in [1.807, 2.05) is 29.2 Å². The van der Waals surface area contributed by atoms with Gasteiger partial charge in [-0.2, -0.15) is 0 Å². The lowest BCUT2D eigenvalue weighted by atomic mass is 10.0. The van der Waals surface area contributed by atoms with Crippen LogP contribution in [0.5, 0.6) is 0 Å². The number of halogens is 2. The molecule has 0 atom stereocenters. The molecule has 0 saturated heterocycles. The predicted molar refractivity (Wildman–Crippen MR) is 96.7 cm³/mol. The number of carbonyl (C=O) groups is 1. The molecule has 1 amide bonds. The molecule has 1 aliphatic heterocycles. The Bertz CT molecular complexity index is 718. The maximum Gasteiger partial charge on any atom is 0.228 e. The van der Waals surface area contributed by atoms with Crippen LogP contribution in [0.2, 0.25) is 10.0 Å². The monoisotopic (exact) mass is 348 g/mol. The molecule has 1 aliphatic rings. The van der Waals surface area contributed by atoms with Crippen molar-refractivity contribution in [2.24, 2.45) is 0 Å². The summed E-state index contributed by atoms with van der Waals surface area (Å²) in [4.78, 5) is 14.4. The number of amides is 1. The van der Waals surface area contributed by atoms with Crippen molar-refractivity contribution < 1.29 is 4.79 Å². The smallest absolute Gasteiger partial charge is 0.228 e. The molecule has 0 spiro atoms. The first-order valence-corrected chi connectivity index (χ1v) is 8.48. The molecular formula is C18H18Cl2N2O. The highest BCUT2D eigenvalue weighted by atomic mass is 35.5. The van der Waals surface area contributed by atoms with Gasteiger partial charge in [-0.1, -0.05) is 41.4 Å². The summed E-state index contributed by atoms with van der Waals surface area (Å²) in [5, 5.41) is 4.25. The van der Waals surface area contributed by atoms with Gasteiger partial charge in [-0.3, -0.25) is 4.79 Å². The fourth-order valence-corrected chi connectivity index (χ4v) is 3.15. The van der Waals surface area contributed by atoms with Crippen LogP contribution in [0.3, 0.4) is 0 Å². The minimum absolute atomic E-state index is 0.143. The van der Waals surface area contributed by atoms with E-state index in [1.54, 1.807) is 12.1 Å². The summed E-state index contributed by atoms with van der Waals surface area (Å²) in [5.41, 5.74) is 3.18. The maximum atomic E-state index is 12.5. The second kappa shape index (κ2) is 7.24. The van der Waals surface area contributed by atoms with Crippen LogP contribution in [0.25, 0.3) is 0 Å². The maximum absolute atomic E-state index is 12.5. The van der Waals surface area contributed by atoms with Gasteiger partial charge >= 0.3 is 0 Å². The number of aryl methyl sites for hydroxylation is 1. The van der Waals surface area contributed by atoms with Gasteiger partial charge in [0.15, 0.2) is 0 Å². The first kappa shape index (κ1) is 16.2. The van der Waals surface area contributed by atoms with E-state index in [0.717, 1.165) is 30.8 Å². The molecule has 1 heterocycles. The molecule has 3 nitrogen and oxygen atoms in total. The topological polar surface area (TPSA) is 32.3 Å². The molecule has 0 unspecified atom stereocenters. The lowest BCUT2D eigenvalue weighted by molar-refractivity contribution is -0.118. The van der Waals surface area contributed by atoms with Crippen LogP contribution in [-0.2, 0) is 11.2 Å². The van der Waals surface area contributed by atoms with Crippen LogP contribution in [0.15, 0.2) is 42.5 Å². The number of nitrogens with zero attached hydrogens (tertiary/aromatic N) is 1. The van der Waals surface area contributed by atoms with E-state index in [2.05, 4.69) is 11.4 Å². The SMILES string of the molecule is O=C(CCNc1ccc(Cl)c(Cl)c1)N1CCCc2ccccc21. The molecule has 23 heavy (non-hydrogen) atoms. The lowest BCUT2D eigenvalue weighted by Gasteiger charge is -2.29. The highest BCUT2D eigenvalue weighted by molar-refractivity contribution is 6.42. The summed E-state index contributed by atoms with van der Waals surface area (Å²) in [6.07, 6.45) is 2.50. The zero-order chi connectivity index (χ0) is 16.2. The molecule has 2 aromatic carbocycles. The third kappa shape index (κ3) is 3.80. The first-order valence-electron chi connectivity index (χ1n) is 7.72. The highest BCUT2D eigenvalue weighted by Crippen LogP contribution is 2.27. The number of fused-ring (bicyclic) bond motifs is 1. The molecule has 0 aliphatic carbocycles. The summed E-state index contributed by atoms with van der Waals surface area (Å²) in [6, 6.07) is 13.5. The Balaban J connectivity index is 1.59. The zero-order valence-electron chi connectivity index (χ0n) is 12.7. The molecule has 120 valence electrons. The van der Waals surface area contributed by atoms with Crippen LogP contribution >= 0.6 is 23.2 Å². The standard InChI is InChI=1S/C18H18Cl2N2O/c19-15-8-7-14(12-16(15)20)21-10-9-18(23)22-11-3-5-13-4-1-2-6-17(13)22/h1-2,4,6-8,12,21H,3,5,9-11H2. The van der Waals surface area contributed by atoms with Crippen molar-refractivity contribution in [2.75, 3.05) is 23.3 Å². The van der Waals surface area contributed by atoms with Gasteiger partial charge in [0, 0.05) is 30.9 Å². The minimum Gasteiger partial charge on any atom is -0.384 e. The van der Waals surface area contributed by atoms with E-state index in [9.17, 15) is 4.79 Å². The number of hydrogen-bond acceptors (Lipinski definition) is 2. The molecule has 0 radical (unpaired) electrons. The van der Waals surface area contributed by atoms with Gasteiger partial charge in [0.2, 0.25) is 5.91 Å². The summed E-state index contributed by atoms with van der Waals surface area (Å²) >= 11 is 11.9. The minimum atomic E-state index is 0.143. The third-order valence-corrected chi connectivity index (χ3v) is 4.74. The average Bonchev–Trinajstić information content (AvgIpc) is 2.57. The van der Waals surface area contributed by atoms with Gasteiger partial charge in [-0.25, -0.2) is 0 Å². The summed E-state index contributed by atoms with van der Waals surface area (Å²) in [7, 11) is 0. The normalized spacial score (nSPS) is 13.6. The van der Waals surface area contributed by atoms with Crippen molar-refractivity contribution >= 4 is 40.5 Å². The predicted octanol–water partition coefficient (Wildman–Crippen LogP) is 4.77. The number of nitrogens with one attached hydrogen (secondary N) is 1. The summed E-state index contributed by atoms with van der Waals surface area (Å²) in [5.74, 6) is 0.143. The Morgan fingerprint density at radius 3 is 2.78 bits per heavy atom. The molecule has 0 aromatic heterocycles. The molecular weight excluding hydrogens is 331 g/mol. The van der Waals surface area contributed by atoms with Crippen molar-refractivity contribution in [3.05, 3.63) is 58.1 Å². The number of para-hydroxylation sites is 1. The molecule has 3 rings (SSSR count). The van der Waals surface area contributed by atoms with Crippen molar-refractivity contribution in [1.82, 2.24) is 0 Å². The van der Waals surface area contributed by atoms with E-state index < -0.39 is 0 Å². The van der Waals surface area contributed by atoms with E-state index in [1.165, 1.54) is 5.56 Å². The van der Waals surface area contributed by atoms with Gasteiger partial charge in [-0.15, -0.1) is 0 Å². The molecule has 0 saturated carbocycles. The Hall–Kier alpha value is -1.71. The van der Waals surface area contributed by atoms with Crippen molar-refractivity contribution in [3.8, 4) is 0 Å². The van der Waals surface area contributed by atoms with Gasteiger partial charge in [-0.05, 0) is 42.7 Å². The quantitative estimate of drug-likeness (QED) is 0.862. The van der Waals surface area contributed by atoms with Crippen LogP contribution in [0.4, 0.5) is 11.4 Å². The zero-order valence-corrected chi connectivity index (χ0v) is 14.2. The molecule has 5 heteroatoms. The van der Waals surface area contributed by atoms with Crippen LogP contribution in [0, 0.1) is 0 Å². The third-order valence-electron chi connectivity index (χ3n) is 4.00. The number of carbonyl (C=O) groups excluding carboxylic acids is 1. The van der Waals surface area contributed by atoms with Gasteiger partial charge < -0.3 is 10.2 Å². The molecule has 0 bridgehead atoms. The Morgan fingerprint density at radius 2 is 1.96 bits per heavy atom. The van der Waals surface area contributed by atoms with Crippen molar-refractivity contribution in [1.29, 1.82) is 0 Å². The van der Waals surface area contributed by atoms with Gasteiger partial charge in [0.25, 0.3) is 0 Å². The van der Waals surface area contributed by atoms with Crippen molar-refractivity contribution in [3.63, 3.8) is 0 Å². The van der Waals surface area contributed by atoms with Gasteiger partial charge in [0.1, 0.15) is 0 Å². The van der Waals surface area contributed by atoms with Crippen molar-refractivity contribution in [2.45, 2.75) is 19.3 Å². The molecule has 2 aromatic rings. The van der Waals surface area contributed by atoms with Crippen LogP contribution in [0.1, 0.15) is 18.4 Å². The number of hydrogen-bond donors (Lipinski definition) is 1. The molecule has 1 N–H and O–H groups in total. The Labute approximate surface area is 146 Å². The second-order valence-electron chi connectivity index (χ2n) is 5.58. The fraction of sp³-hybridized carbons (Fsp3) is 0.278. The van der Waals surface area contributed by atoms with E-state index in [4.69, 9.17) is 23.2 Å².